The van der Waals surface area contributed by atoms with Gasteiger partial charge in [-0.3, -0.25) is 0 Å². The third-order valence-electron chi connectivity index (χ3n) is 1.49. The summed E-state index contributed by atoms with van der Waals surface area (Å²) in [6.45, 7) is 5.38. The lowest BCUT2D eigenvalue weighted by Crippen LogP contribution is -2.51. The Bertz CT molecular complexity index is 172. The first-order valence-corrected chi connectivity index (χ1v) is 9.87. The van der Waals surface area contributed by atoms with Crippen LogP contribution in [-0.4, -0.2) is 52.0 Å². The fraction of sp³-hybridized carbons (Fsp3) is 1.00. The molecule has 0 bridgehead atoms. The van der Waals surface area contributed by atoms with Gasteiger partial charge in [0.15, 0.2) is 8.32 Å². The molecule has 7 heteroatoms. The molecule has 0 aromatic carbocycles. The monoisotopic (exact) mass is 240 g/mol. The van der Waals surface area contributed by atoms with Gasteiger partial charge in [-0.1, -0.05) is 0 Å². The smallest absolute Gasteiger partial charge is 0.416 e. The maximum absolute atomic E-state index is 9.92. The molecule has 0 aliphatic rings. The van der Waals surface area contributed by atoms with Crippen LogP contribution < -0.4 is 0 Å². The van der Waals surface area contributed by atoms with Crippen LogP contribution in [0, 0.1) is 0 Å². The Hall–Kier alpha value is 0.234. The van der Waals surface area contributed by atoms with E-state index in [0.29, 0.717) is 0 Å². The van der Waals surface area contributed by atoms with E-state index >= 15 is 0 Å². The van der Waals surface area contributed by atoms with Crippen LogP contribution in [0.15, 0.2) is 0 Å². The highest BCUT2D eigenvalue weighted by molar-refractivity contribution is 6.79. The average molecular weight is 240 g/mol. The minimum atomic E-state index is -3.29. The molecule has 3 N–H and O–H groups in total. The van der Waals surface area contributed by atoms with Gasteiger partial charge in [-0.05, 0) is 19.6 Å². The predicted octanol–water partition coefficient (Wildman–Crippen LogP) is -0.231. The summed E-state index contributed by atoms with van der Waals surface area (Å²) in [5.74, 6) is 0. The Morgan fingerprint density at radius 2 is 1.79 bits per heavy atom. The molecule has 0 aliphatic heterocycles. The van der Waals surface area contributed by atoms with Gasteiger partial charge in [-0.25, -0.2) is 0 Å². The molecule has 0 fully saturated rings. The zero-order chi connectivity index (χ0) is 11.4. The Morgan fingerprint density at radius 1 is 1.29 bits per heavy atom. The minimum absolute atomic E-state index is 0.0235. The number of aliphatic hydroxyl groups is 2. The van der Waals surface area contributed by atoms with Crippen LogP contribution in [0.1, 0.15) is 0 Å². The van der Waals surface area contributed by atoms with Crippen molar-refractivity contribution in [1.29, 1.82) is 0 Å². The van der Waals surface area contributed by atoms with E-state index < -0.39 is 29.8 Å². The molecule has 2 unspecified atom stereocenters. The SMILES string of the molecule is CO[Si](O)(CC(O)CO)O[Si](C)(C)C. The van der Waals surface area contributed by atoms with E-state index in [1.807, 2.05) is 19.6 Å². The molecular formula is C7H20O5Si2. The number of hydrogen-bond acceptors (Lipinski definition) is 5. The summed E-state index contributed by atoms with van der Waals surface area (Å²) in [5, 5.41) is 17.9. The molecule has 2 atom stereocenters. The van der Waals surface area contributed by atoms with E-state index in [4.69, 9.17) is 13.6 Å². The highest BCUT2D eigenvalue weighted by atomic mass is 28.5. The largest absolute Gasteiger partial charge is 0.490 e. The number of hydrogen-bond donors (Lipinski definition) is 3. The molecule has 0 saturated carbocycles. The van der Waals surface area contributed by atoms with Crippen LogP contribution in [-0.2, 0) is 8.54 Å². The maximum atomic E-state index is 9.92. The van der Waals surface area contributed by atoms with Crippen molar-refractivity contribution in [1.82, 2.24) is 0 Å². The van der Waals surface area contributed by atoms with Crippen molar-refractivity contribution in [2.45, 2.75) is 31.8 Å². The lowest BCUT2D eigenvalue weighted by molar-refractivity contribution is 0.0873. The summed E-state index contributed by atoms with van der Waals surface area (Å²) < 4.78 is 10.4. The van der Waals surface area contributed by atoms with Crippen molar-refractivity contribution >= 4 is 17.1 Å². The Balaban J connectivity index is 4.32. The first-order valence-electron chi connectivity index (χ1n) is 4.49. The van der Waals surface area contributed by atoms with Crippen molar-refractivity contribution in [3.05, 3.63) is 0 Å². The first kappa shape index (κ1) is 14.2. The first-order chi connectivity index (χ1) is 6.22. The van der Waals surface area contributed by atoms with Crippen LogP contribution in [0.2, 0.25) is 25.7 Å². The zero-order valence-electron chi connectivity index (χ0n) is 9.15. The van der Waals surface area contributed by atoms with E-state index in [1.54, 1.807) is 0 Å². The summed E-state index contributed by atoms with van der Waals surface area (Å²) in [5.41, 5.74) is 0. The van der Waals surface area contributed by atoms with Crippen LogP contribution in [0.3, 0.4) is 0 Å². The molecule has 0 saturated heterocycles. The van der Waals surface area contributed by atoms with Gasteiger partial charge < -0.3 is 23.5 Å². The third-order valence-corrected chi connectivity index (χ3v) is 6.84. The van der Waals surface area contributed by atoms with Gasteiger partial charge in [-0.15, -0.1) is 0 Å². The lowest BCUT2D eigenvalue weighted by Gasteiger charge is -2.30. The van der Waals surface area contributed by atoms with E-state index in [9.17, 15) is 9.90 Å². The second-order valence-electron chi connectivity index (χ2n) is 4.17. The molecule has 0 heterocycles. The molecule has 5 nitrogen and oxygen atoms in total. The number of aliphatic hydroxyl groups excluding tert-OH is 2. The zero-order valence-corrected chi connectivity index (χ0v) is 11.1. The van der Waals surface area contributed by atoms with Crippen LogP contribution in [0.5, 0.6) is 0 Å². The van der Waals surface area contributed by atoms with Gasteiger partial charge in [0.1, 0.15) is 0 Å². The summed E-state index contributed by atoms with van der Waals surface area (Å²) in [7, 11) is -3.83. The normalized spacial score (nSPS) is 19.1. The van der Waals surface area contributed by atoms with Gasteiger partial charge in [-0.2, -0.15) is 0 Å². The molecule has 86 valence electrons. The molecule has 0 aromatic rings. The van der Waals surface area contributed by atoms with Gasteiger partial charge in [0.05, 0.1) is 12.7 Å². The predicted molar refractivity (Wildman–Crippen MR) is 57.3 cm³/mol. The van der Waals surface area contributed by atoms with Crippen molar-refractivity contribution < 1.29 is 23.5 Å². The van der Waals surface area contributed by atoms with Crippen LogP contribution >= 0.6 is 0 Å². The van der Waals surface area contributed by atoms with Crippen molar-refractivity contribution in [3.63, 3.8) is 0 Å². The fourth-order valence-corrected chi connectivity index (χ4v) is 6.39. The second kappa shape index (κ2) is 5.35. The van der Waals surface area contributed by atoms with Crippen molar-refractivity contribution in [2.24, 2.45) is 0 Å². The van der Waals surface area contributed by atoms with Gasteiger partial charge in [0.2, 0.25) is 0 Å². The summed E-state index contributed by atoms with van der Waals surface area (Å²) in [6, 6.07) is -0.0235. The molecule has 0 aromatic heterocycles. The average Bonchev–Trinajstić information content (AvgIpc) is 2.00. The second-order valence-corrected chi connectivity index (χ2v) is 11.5. The summed E-state index contributed by atoms with van der Waals surface area (Å²) >= 11 is 0. The molecular weight excluding hydrogens is 220 g/mol. The summed E-state index contributed by atoms with van der Waals surface area (Å²) in [6.07, 6.45) is -0.983. The molecule has 0 radical (unpaired) electrons. The molecule has 0 spiro atoms. The highest BCUT2D eigenvalue weighted by Crippen LogP contribution is 2.18. The molecule has 0 rings (SSSR count). The Kier molecular flexibility index (Phi) is 5.44. The maximum Gasteiger partial charge on any atom is 0.490 e. The van der Waals surface area contributed by atoms with Crippen LogP contribution in [0.4, 0.5) is 0 Å². The van der Waals surface area contributed by atoms with E-state index in [2.05, 4.69) is 0 Å². The number of rotatable bonds is 6. The van der Waals surface area contributed by atoms with Gasteiger partial charge >= 0.3 is 8.80 Å². The van der Waals surface area contributed by atoms with Crippen LogP contribution in [0.25, 0.3) is 0 Å². The summed E-state index contributed by atoms with van der Waals surface area (Å²) in [4.78, 5) is 9.92. The minimum Gasteiger partial charge on any atom is -0.416 e. The standard InChI is InChI=1S/C7H20O5Si2/c1-11-14(10,6-7(9)5-8)12-13(2,3)4/h7-10H,5-6H2,1-4H3. The van der Waals surface area contributed by atoms with E-state index in [1.165, 1.54) is 7.11 Å². The highest BCUT2D eigenvalue weighted by Gasteiger charge is 2.42. The Morgan fingerprint density at radius 3 is 2.07 bits per heavy atom. The molecule has 0 amide bonds. The van der Waals surface area contributed by atoms with Crippen molar-refractivity contribution in [3.8, 4) is 0 Å². The topological polar surface area (TPSA) is 79.2 Å². The third kappa shape index (κ3) is 5.86. The molecule has 14 heavy (non-hydrogen) atoms. The van der Waals surface area contributed by atoms with E-state index in [-0.39, 0.29) is 6.04 Å². The quantitative estimate of drug-likeness (QED) is 0.559. The van der Waals surface area contributed by atoms with Crippen molar-refractivity contribution in [2.75, 3.05) is 13.7 Å². The van der Waals surface area contributed by atoms with Gasteiger partial charge in [0.25, 0.3) is 0 Å². The van der Waals surface area contributed by atoms with Gasteiger partial charge in [0, 0.05) is 13.2 Å². The van der Waals surface area contributed by atoms with E-state index in [0.717, 1.165) is 0 Å². The fourth-order valence-electron chi connectivity index (χ4n) is 1.01. The Labute approximate surface area is 86.8 Å². The lowest BCUT2D eigenvalue weighted by atomic mass is 10.4. The molecule has 0 aliphatic carbocycles.